The minimum atomic E-state index is -0.588. The Kier molecular flexibility index (Phi) is 8.51. The number of amides is 2. The van der Waals surface area contributed by atoms with Gasteiger partial charge in [0, 0.05) is 6.08 Å². The summed E-state index contributed by atoms with van der Waals surface area (Å²) in [4.78, 5) is 23.4. The molecule has 3 aromatic rings. The van der Waals surface area contributed by atoms with Gasteiger partial charge in [0.05, 0.1) is 19.4 Å². The highest BCUT2D eigenvalue weighted by Gasteiger charge is 2.09. The van der Waals surface area contributed by atoms with Crippen molar-refractivity contribution in [3.63, 3.8) is 0 Å². The van der Waals surface area contributed by atoms with Gasteiger partial charge in [0.1, 0.15) is 11.5 Å². The average Bonchev–Trinajstić information content (AvgIpc) is 2.84. The van der Waals surface area contributed by atoms with Gasteiger partial charge in [-0.05, 0) is 67.1 Å². The number of nitrogens with one attached hydrogen (secondary N) is 1. The summed E-state index contributed by atoms with van der Waals surface area (Å²) < 4.78 is 22.0. The third kappa shape index (κ3) is 7.03. The van der Waals surface area contributed by atoms with Crippen molar-refractivity contribution in [1.29, 1.82) is 0 Å². The summed E-state index contributed by atoms with van der Waals surface area (Å²) in [7, 11) is 1.48. The van der Waals surface area contributed by atoms with Crippen LogP contribution in [0.3, 0.4) is 0 Å². The lowest BCUT2D eigenvalue weighted by Crippen LogP contribution is -2.20. The molecule has 3 rings (SSSR count). The molecule has 3 N–H and O–H groups in total. The number of anilines is 1. The van der Waals surface area contributed by atoms with Crippen molar-refractivity contribution in [3.8, 4) is 28.7 Å². The number of hydrogen-bond acceptors (Lipinski definition) is 6. The Bertz CT molecular complexity index is 1160. The Hall–Kier alpha value is -4.46. The number of rotatable bonds is 11. The fourth-order valence-corrected chi connectivity index (χ4v) is 2.96. The zero-order valence-corrected chi connectivity index (χ0v) is 18.9. The Balaban J connectivity index is 1.66. The summed E-state index contributed by atoms with van der Waals surface area (Å²) in [6.45, 7) is 2.25. The van der Waals surface area contributed by atoms with Gasteiger partial charge in [-0.2, -0.15) is 0 Å². The highest BCUT2D eigenvalue weighted by molar-refractivity contribution is 6.02. The van der Waals surface area contributed by atoms with Gasteiger partial charge >= 0.3 is 0 Å². The largest absolute Gasteiger partial charge is 0.494 e. The van der Waals surface area contributed by atoms with Crippen LogP contribution in [-0.4, -0.2) is 32.1 Å². The summed E-state index contributed by atoms with van der Waals surface area (Å²) >= 11 is 0. The van der Waals surface area contributed by atoms with E-state index in [4.69, 9.17) is 24.7 Å². The van der Waals surface area contributed by atoms with E-state index in [-0.39, 0.29) is 12.5 Å². The maximum absolute atomic E-state index is 12.5. The fraction of sp³-hybridized carbons (Fsp3) is 0.154. The summed E-state index contributed by atoms with van der Waals surface area (Å²) in [5.41, 5.74) is 6.33. The Morgan fingerprint density at radius 1 is 0.912 bits per heavy atom. The number of nitrogens with two attached hydrogens (primary N) is 1. The van der Waals surface area contributed by atoms with Crippen molar-refractivity contribution >= 4 is 23.6 Å². The van der Waals surface area contributed by atoms with Gasteiger partial charge in [-0.15, -0.1) is 0 Å². The third-order valence-corrected chi connectivity index (χ3v) is 4.49. The first kappa shape index (κ1) is 24.2. The summed E-state index contributed by atoms with van der Waals surface area (Å²) in [6.07, 6.45) is 3.03. The second kappa shape index (κ2) is 12.0. The summed E-state index contributed by atoms with van der Waals surface area (Å²) in [6, 6.07) is 19.4. The van der Waals surface area contributed by atoms with Crippen LogP contribution < -0.4 is 30.0 Å². The maximum atomic E-state index is 12.5. The topological polar surface area (TPSA) is 109 Å². The van der Waals surface area contributed by atoms with Gasteiger partial charge in [0.15, 0.2) is 23.9 Å². The molecule has 0 spiro atoms. The molecule has 0 aliphatic rings. The number of carbonyl (C=O) groups excluding carboxylic acids is 2. The molecule has 0 unspecified atom stereocenters. The lowest BCUT2D eigenvalue weighted by Gasteiger charge is -2.12. The SMILES string of the molecule is CCOc1ccc(Oc2ccccc2NC(=O)/C=C/c2ccc(OCC(N)=O)c(OC)c2)cc1. The molecule has 0 saturated heterocycles. The number of methoxy groups -OCH3 is 1. The van der Waals surface area contributed by atoms with Crippen LogP contribution in [0.1, 0.15) is 12.5 Å². The summed E-state index contributed by atoms with van der Waals surface area (Å²) in [5, 5.41) is 2.82. The molecule has 0 fully saturated rings. The van der Waals surface area contributed by atoms with E-state index in [2.05, 4.69) is 5.32 Å². The molecule has 176 valence electrons. The van der Waals surface area contributed by atoms with Crippen LogP contribution in [0.15, 0.2) is 72.8 Å². The molecular weight excluding hydrogens is 436 g/mol. The van der Waals surface area contributed by atoms with Gasteiger partial charge in [0.2, 0.25) is 5.91 Å². The van der Waals surface area contributed by atoms with E-state index in [0.29, 0.717) is 40.9 Å². The van der Waals surface area contributed by atoms with Crippen LogP contribution >= 0.6 is 0 Å². The normalized spacial score (nSPS) is 10.5. The second-order valence-electron chi connectivity index (χ2n) is 6.99. The van der Waals surface area contributed by atoms with Crippen molar-refractivity contribution in [2.45, 2.75) is 6.92 Å². The van der Waals surface area contributed by atoms with Crippen molar-refractivity contribution < 1.29 is 28.5 Å². The molecule has 0 aromatic heterocycles. The molecule has 0 radical (unpaired) electrons. The molecular formula is C26H26N2O6. The number of ether oxygens (including phenoxy) is 4. The molecule has 0 aliphatic heterocycles. The average molecular weight is 463 g/mol. The van der Waals surface area contributed by atoms with Gasteiger partial charge in [0.25, 0.3) is 5.91 Å². The molecule has 0 saturated carbocycles. The predicted molar refractivity (Wildman–Crippen MR) is 129 cm³/mol. The first-order valence-electron chi connectivity index (χ1n) is 10.6. The number of hydrogen-bond donors (Lipinski definition) is 2. The zero-order valence-electron chi connectivity index (χ0n) is 18.9. The molecule has 0 bridgehead atoms. The van der Waals surface area contributed by atoms with E-state index in [1.54, 1.807) is 54.6 Å². The number of para-hydroxylation sites is 2. The van der Waals surface area contributed by atoms with Gasteiger partial charge in [-0.3, -0.25) is 9.59 Å². The molecule has 0 heterocycles. The van der Waals surface area contributed by atoms with Crippen molar-refractivity contribution in [2.75, 3.05) is 25.6 Å². The van der Waals surface area contributed by atoms with Gasteiger partial charge in [-0.25, -0.2) is 0 Å². The number of benzene rings is 3. The lowest BCUT2D eigenvalue weighted by molar-refractivity contribution is -0.120. The second-order valence-corrected chi connectivity index (χ2v) is 6.99. The van der Waals surface area contributed by atoms with E-state index < -0.39 is 5.91 Å². The fourth-order valence-electron chi connectivity index (χ4n) is 2.96. The van der Waals surface area contributed by atoms with Gasteiger partial charge < -0.3 is 30.0 Å². The predicted octanol–water partition coefficient (Wildman–Crippen LogP) is 4.40. The smallest absolute Gasteiger partial charge is 0.255 e. The van der Waals surface area contributed by atoms with Crippen molar-refractivity contribution in [3.05, 3.63) is 78.4 Å². The van der Waals surface area contributed by atoms with Crippen LogP contribution in [0.5, 0.6) is 28.7 Å². The van der Waals surface area contributed by atoms with E-state index in [0.717, 1.165) is 5.75 Å². The highest BCUT2D eigenvalue weighted by atomic mass is 16.5. The van der Waals surface area contributed by atoms with Crippen LogP contribution in [0, 0.1) is 0 Å². The zero-order chi connectivity index (χ0) is 24.3. The maximum Gasteiger partial charge on any atom is 0.255 e. The Morgan fingerprint density at radius 3 is 2.35 bits per heavy atom. The lowest BCUT2D eigenvalue weighted by atomic mass is 10.2. The molecule has 8 heteroatoms. The quantitative estimate of drug-likeness (QED) is 0.409. The molecule has 0 aliphatic carbocycles. The van der Waals surface area contributed by atoms with Crippen LogP contribution in [0.25, 0.3) is 6.08 Å². The van der Waals surface area contributed by atoms with Crippen LogP contribution in [-0.2, 0) is 9.59 Å². The van der Waals surface area contributed by atoms with Gasteiger partial charge in [-0.1, -0.05) is 18.2 Å². The van der Waals surface area contributed by atoms with Crippen LogP contribution in [0.4, 0.5) is 5.69 Å². The third-order valence-electron chi connectivity index (χ3n) is 4.49. The Labute approximate surface area is 197 Å². The molecule has 0 atom stereocenters. The molecule has 34 heavy (non-hydrogen) atoms. The van der Waals surface area contributed by atoms with Crippen molar-refractivity contribution in [2.24, 2.45) is 5.73 Å². The van der Waals surface area contributed by atoms with E-state index >= 15 is 0 Å². The van der Waals surface area contributed by atoms with E-state index in [1.165, 1.54) is 13.2 Å². The monoisotopic (exact) mass is 462 g/mol. The first-order chi connectivity index (χ1) is 16.5. The Morgan fingerprint density at radius 2 is 1.65 bits per heavy atom. The standard InChI is InChI=1S/C26H26N2O6/c1-3-32-19-10-12-20(13-11-19)34-22-7-5-4-6-21(22)28-26(30)15-9-18-8-14-23(24(16-18)31-2)33-17-25(27)29/h4-16H,3,17H2,1-2H3,(H2,27,29)(H,28,30)/b15-9+. The van der Waals surface area contributed by atoms with Crippen molar-refractivity contribution in [1.82, 2.24) is 0 Å². The highest BCUT2D eigenvalue weighted by Crippen LogP contribution is 2.31. The molecule has 8 nitrogen and oxygen atoms in total. The number of primary amides is 1. The molecule has 2 amide bonds. The number of carbonyl (C=O) groups is 2. The van der Waals surface area contributed by atoms with Crippen LogP contribution in [0.2, 0.25) is 0 Å². The first-order valence-corrected chi connectivity index (χ1v) is 10.6. The molecule has 3 aromatic carbocycles. The summed E-state index contributed by atoms with van der Waals surface area (Å²) in [5.74, 6) is 1.74. The van der Waals surface area contributed by atoms with E-state index in [1.807, 2.05) is 25.1 Å². The minimum Gasteiger partial charge on any atom is -0.494 e. The van der Waals surface area contributed by atoms with E-state index in [9.17, 15) is 9.59 Å². The minimum absolute atomic E-state index is 0.258.